The van der Waals surface area contributed by atoms with Gasteiger partial charge in [-0.3, -0.25) is 9.59 Å². The van der Waals surface area contributed by atoms with Crippen LogP contribution in [0.1, 0.15) is 61.4 Å². The van der Waals surface area contributed by atoms with E-state index in [0.717, 1.165) is 31.2 Å². The molecule has 0 bridgehead atoms. The Morgan fingerprint density at radius 2 is 1.62 bits per heavy atom. The average Bonchev–Trinajstić information content (AvgIpc) is 2.72. The van der Waals surface area contributed by atoms with Crippen LogP contribution in [0, 0.1) is 12.7 Å². The molecule has 29 heavy (non-hydrogen) atoms. The van der Waals surface area contributed by atoms with Crippen molar-refractivity contribution in [3.05, 3.63) is 65.5 Å². The second kappa shape index (κ2) is 12.0. The van der Waals surface area contributed by atoms with Crippen molar-refractivity contribution in [2.75, 3.05) is 18.0 Å². The molecular formula is C24H31FN2O2. The lowest BCUT2D eigenvalue weighted by atomic mass is 10.1. The van der Waals surface area contributed by atoms with E-state index in [1.165, 1.54) is 12.1 Å². The number of rotatable bonds is 11. The molecule has 0 aliphatic heterocycles. The van der Waals surface area contributed by atoms with Crippen LogP contribution in [-0.2, 0) is 4.79 Å². The van der Waals surface area contributed by atoms with Crippen molar-refractivity contribution in [1.82, 2.24) is 5.32 Å². The van der Waals surface area contributed by atoms with Crippen LogP contribution in [-0.4, -0.2) is 24.9 Å². The van der Waals surface area contributed by atoms with E-state index in [4.69, 9.17) is 0 Å². The molecule has 0 fully saturated rings. The lowest BCUT2D eigenvalue weighted by molar-refractivity contribution is -0.121. The van der Waals surface area contributed by atoms with Gasteiger partial charge in [0.25, 0.3) is 5.91 Å². The first-order valence-corrected chi connectivity index (χ1v) is 10.4. The molecule has 0 unspecified atom stereocenters. The number of hydrogen-bond acceptors (Lipinski definition) is 2. The molecule has 0 aromatic heterocycles. The van der Waals surface area contributed by atoms with Crippen LogP contribution in [0.5, 0.6) is 0 Å². The Balaban J connectivity index is 1.94. The zero-order valence-electron chi connectivity index (χ0n) is 17.4. The van der Waals surface area contributed by atoms with E-state index in [0.29, 0.717) is 37.2 Å². The van der Waals surface area contributed by atoms with E-state index in [2.05, 4.69) is 12.2 Å². The Morgan fingerprint density at radius 1 is 0.931 bits per heavy atom. The maximum atomic E-state index is 13.3. The van der Waals surface area contributed by atoms with Crippen LogP contribution in [0.2, 0.25) is 0 Å². The number of hydrogen-bond donors (Lipinski definition) is 1. The second-order valence-corrected chi connectivity index (χ2v) is 7.31. The van der Waals surface area contributed by atoms with Gasteiger partial charge in [-0.2, -0.15) is 0 Å². The highest BCUT2D eigenvalue weighted by molar-refractivity contribution is 6.06. The first-order chi connectivity index (χ1) is 14.0. The van der Waals surface area contributed by atoms with Gasteiger partial charge in [0.05, 0.1) is 0 Å². The van der Waals surface area contributed by atoms with Crippen molar-refractivity contribution in [2.24, 2.45) is 0 Å². The average molecular weight is 399 g/mol. The zero-order chi connectivity index (χ0) is 21.1. The molecule has 5 heteroatoms. The minimum Gasteiger partial charge on any atom is -0.356 e. The summed E-state index contributed by atoms with van der Waals surface area (Å²) in [5.74, 6) is -0.423. The lowest BCUT2D eigenvalue weighted by Crippen LogP contribution is -2.34. The topological polar surface area (TPSA) is 49.4 Å². The maximum Gasteiger partial charge on any atom is 0.258 e. The number of nitrogens with one attached hydrogen (secondary N) is 1. The highest BCUT2D eigenvalue weighted by Gasteiger charge is 2.17. The van der Waals surface area contributed by atoms with Gasteiger partial charge in [-0.15, -0.1) is 0 Å². The van der Waals surface area contributed by atoms with Crippen molar-refractivity contribution >= 4 is 17.5 Å². The van der Waals surface area contributed by atoms with Crippen molar-refractivity contribution in [1.29, 1.82) is 0 Å². The number of halogens is 1. The Kier molecular flexibility index (Phi) is 9.35. The summed E-state index contributed by atoms with van der Waals surface area (Å²) in [5.41, 5.74) is 2.30. The number of carbonyl (C=O) groups excluding carboxylic acids is 2. The number of carbonyl (C=O) groups is 2. The maximum absolute atomic E-state index is 13.3. The van der Waals surface area contributed by atoms with E-state index < -0.39 is 0 Å². The summed E-state index contributed by atoms with van der Waals surface area (Å²) in [6.07, 6.45) is 5.46. The van der Waals surface area contributed by atoms with Crippen molar-refractivity contribution < 1.29 is 14.0 Å². The Hall–Kier alpha value is -2.69. The third-order valence-electron chi connectivity index (χ3n) is 4.82. The quantitative estimate of drug-likeness (QED) is 0.525. The SMILES string of the molecule is CCCCCCC(=O)NCCCN(C(=O)c1ccc(C)cc1)c1ccc(F)cc1. The predicted octanol–water partition coefficient (Wildman–Crippen LogP) is 5.26. The van der Waals surface area contributed by atoms with Crippen LogP contribution >= 0.6 is 0 Å². The minimum absolute atomic E-state index is 0.0549. The first kappa shape index (κ1) is 22.6. The highest BCUT2D eigenvalue weighted by atomic mass is 19.1. The molecule has 0 spiro atoms. The fraction of sp³-hybridized carbons (Fsp3) is 0.417. The zero-order valence-corrected chi connectivity index (χ0v) is 17.4. The van der Waals surface area contributed by atoms with E-state index >= 15 is 0 Å². The molecule has 0 radical (unpaired) electrons. The van der Waals surface area contributed by atoms with Gasteiger partial charge in [-0.25, -0.2) is 4.39 Å². The van der Waals surface area contributed by atoms with E-state index in [-0.39, 0.29) is 17.6 Å². The van der Waals surface area contributed by atoms with Gasteiger partial charge < -0.3 is 10.2 Å². The fourth-order valence-corrected chi connectivity index (χ4v) is 3.09. The number of aryl methyl sites for hydroxylation is 1. The molecule has 0 heterocycles. The molecule has 4 nitrogen and oxygen atoms in total. The van der Waals surface area contributed by atoms with Crippen LogP contribution < -0.4 is 10.2 Å². The largest absolute Gasteiger partial charge is 0.356 e. The van der Waals surface area contributed by atoms with Gasteiger partial charge in [-0.05, 0) is 56.2 Å². The molecule has 2 amide bonds. The van der Waals surface area contributed by atoms with Gasteiger partial charge in [0, 0.05) is 30.8 Å². The summed E-state index contributed by atoms with van der Waals surface area (Å²) < 4.78 is 13.3. The third kappa shape index (κ3) is 7.68. The van der Waals surface area contributed by atoms with Gasteiger partial charge in [0.1, 0.15) is 5.82 Å². The lowest BCUT2D eigenvalue weighted by Gasteiger charge is -2.23. The third-order valence-corrected chi connectivity index (χ3v) is 4.82. The number of nitrogens with zero attached hydrogens (tertiary/aromatic N) is 1. The summed E-state index contributed by atoms with van der Waals surface area (Å²) in [7, 11) is 0. The van der Waals surface area contributed by atoms with Crippen LogP contribution in [0.3, 0.4) is 0 Å². The van der Waals surface area contributed by atoms with Crippen LogP contribution in [0.15, 0.2) is 48.5 Å². The van der Waals surface area contributed by atoms with Gasteiger partial charge in [-0.1, -0.05) is 43.9 Å². The number of unbranched alkanes of at least 4 members (excludes halogenated alkanes) is 3. The fourth-order valence-electron chi connectivity index (χ4n) is 3.09. The van der Waals surface area contributed by atoms with Gasteiger partial charge >= 0.3 is 0 Å². The summed E-state index contributed by atoms with van der Waals surface area (Å²) in [6.45, 7) is 5.06. The molecule has 0 aliphatic rings. The summed E-state index contributed by atoms with van der Waals surface area (Å²) in [6, 6.07) is 13.3. The van der Waals surface area contributed by atoms with Gasteiger partial charge in [0.2, 0.25) is 5.91 Å². The number of anilines is 1. The smallest absolute Gasteiger partial charge is 0.258 e. The van der Waals surface area contributed by atoms with E-state index in [1.54, 1.807) is 29.2 Å². The number of amides is 2. The van der Waals surface area contributed by atoms with Crippen molar-refractivity contribution in [2.45, 2.75) is 52.4 Å². The molecule has 0 atom stereocenters. The Morgan fingerprint density at radius 3 is 2.28 bits per heavy atom. The summed E-state index contributed by atoms with van der Waals surface area (Å²) >= 11 is 0. The van der Waals surface area contributed by atoms with Crippen LogP contribution in [0.25, 0.3) is 0 Å². The monoisotopic (exact) mass is 398 g/mol. The molecule has 2 aromatic carbocycles. The van der Waals surface area contributed by atoms with E-state index in [1.807, 2.05) is 19.1 Å². The summed E-state index contributed by atoms with van der Waals surface area (Å²) in [5, 5.41) is 2.92. The molecule has 2 rings (SSSR count). The molecule has 0 aliphatic carbocycles. The number of benzene rings is 2. The Labute approximate surface area is 173 Å². The molecule has 2 aromatic rings. The van der Waals surface area contributed by atoms with Crippen LogP contribution in [0.4, 0.5) is 10.1 Å². The normalized spacial score (nSPS) is 10.6. The first-order valence-electron chi connectivity index (χ1n) is 10.4. The molecule has 1 N–H and O–H groups in total. The summed E-state index contributed by atoms with van der Waals surface area (Å²) in [4.78, 5) is 26.6. The Bertz CT molecular complexity index is 772. The molecule has 0 saturated heterocycles. The van der Waals surface area contributed by atoms with Crippen molar-refractivity contribution in [3.8, 4) is 0 Å². The predicted molar refractivity (Wildman–Crippen MR) is 116 cm³/mol. The molecule has 0 saturated carbocycles. The minimum atomic E-state index is -0.341. The van der Waals surface area contributed by atoms with E-state index in [9.17, 15) is 14.0 Å². The van der Waals surface area contributed by atoms with Crippen molar-refractivity contribution in [3.63, 3.8) is 0 Å². The molecule has 156 valence electrons. The standard InChI is InChI=1S/C24H31FN2O2/c1-3-4-5-6-8-23(28)26-17-7-18-27(22-15-13-21(25)14-16-22)24(29)20-11-9-19(2)10-12-20/h9-16H,3-8,17-18H2,1-2H3,(H,26,28). The second-order valence-electron chi connectivity index (χ2n) is 7.31. The van der Waals surface area contributed by atoms with Gasteiger partial charge in [0.15, 0.2) is 0 Å². The molecular weight excluding hydrogens is 367 g/mol. The highest BCUT2D eigenvalue weighted by Crippen LogP contribution is 2.19.